The van der Waals surface area contributed by atoms with Gasteiger partial charge >= 0.3 is 6.16 Å². The van der Waals surface area contributed by atoms with Crippen molar-refractivity contribution >= 4 is 18.0 Å². The van der Waals surface area contributed by atoms with Crippen LogP contribution in [0.4, 0.5) is 13.6 Å². The Morgan fingerprint density at radius 3 is 2.74 bits per heavy atom. The van der Waals surface area contributed by atoms with Crippen LogP contribution in [0.5, 0.6) is 5.75 Å². The standard InChI is InChI=1S/C23H23F2N3O7/c1-3-33-23(32)35-20-18-22(31)28-12(2)6-7-34-17(28)11-27(18)10-15(19(20)29)21(30)26-9-13-4-5-14(24)8-16(13)25/h4-5,8,10,12,17H,3,6-7,9,11H2,1-2H3,(H,26,30)/t12-,17+/m1/s1. The maximum absolute atomic E-state index is 13.9. The molecule has 0 saturated carbocycles. The molecule has 2 aromatic rings. The third-order valence-corrected chi connectivity index (χ3v) is 5.81. The molecule has 2 aliphatic heterocycles. The summed E-state index contributed by atoms with van der Waals surface area (Å²) in [6.45, 7) is 3.49. The molecular formula is C23H23F2N3O7. The number of nitrogens with one attached hydrogen (secondary N) is 1. The lowest BCUT2D eigenvalue weighted by Crippen LogP contribution is -2.57. The Hall–Kier alpha value is -3.80. The van der Waals surface area contributed by atoms with Crippen LogP contribution in [-0.4, -0.2) is 52.9 Å². The second-order valence-electron chi connectivity index (χ2n) is 8.08. The highest BCUT2D eigenvalue weighted by atomic mass is 19.1. The summed E-state index contributed by atoms with van der Waals surface area (Å²) in [5, 5.41) is 2.39. The van der Waals surface area contributed by atoms with E-state index < -0.39 is 52.6 Å². The number of nitrogens with zero attached hydrogens (tertiary/aromatic N) is 2. The molecule has 0 radical (unpaired) electrons. The SMILES string of the molecule is CCOC(=O)Oc1c2n(cc(C(=O)NCc3ccc(F)cc3F)c1=O)C[C@@H]1OCC[C@@H](C)N1C2=O. The lowest BCUT2D eigenvalue weighted by Gasteiger charge is -2.44. The summed E-state index contributed by atoms with van der Waals surface area (Å²) in [6.07, 6.45) is -0.0950. The van der Waals surface area contributed by atoms with E-state index in [1.54, 1.807) is 0 Å². The summed E-state index contributed by atoms with van der Waals surface area (Å²) in [6, 6.07) is 2.68. The van der Waals surface area contributed by atoms with E-state index in [4.69, 9.17) is 14.2 Å². The second-order valence-corrected chi connectivity index (χ2v) is 8.08. The van der Waals surface area contributed by atoms with Gasteiger partial charge in [-0.05, 0) is 26.3 Å². The lowest BCUT2D eigenvalue weighted by atomic mass is 10.1. The Kier molecular flexibility index (Phi) is 6.83. The molecule has 10 nitrogen and oxygen atoms in total. The molecular weight excluding hydrogens is 468 g/mol. The minimum atomic E-state index is -1.21. The molecule has 3 heterocycles. The number of carbonyl (C=O) groups excluding carboxylic acids is 3. The Labute approximate surface area is 198 Å². The average molecular weight is 491 g/mol. The van der Waals surface area contributed by atoms with Crippen LogP contribution in [0.2, 0.25) is 0 Å². The maximum atomic E-state index is 13.9. The molecule has 2 aliphatic rings. The number of halogens is 2. The van der Waals surface area contributed by atoms with Gasteiger partial charge in [0.25, 0.3) is 11.8 Å². The molecule has 1 fully saturated rings. The number of aromatic nitrogens is 1. The number of ether oxygens (including phenoxy) is 3. The van der Waals surface area contributed by atoms with Crippen LogP contribution in [0, 0.1) is 11.6 Å². The van der Waals surface area contributed by atoms with Gasteiger partial charge in [-0.3, -0.25) is 14.4 Å². The molecule has 12 heteroatoms. The predicted molar refractivity (Wildman–Crippen MR) is 116 cm³/mol. The van der Waals surface area contributed by atoms with Gasteiger partial charge < -0.3 is 29.0 Å². The fraction of sp³-hybridized carbons (Fsp3) is 0.391. The maximum Gasteiger partial charge on any atom is 0.514 e. The normalized spacial score (nSPS) is 19.0. The molecule has 0 unspecified atom stereocenters. The van der Waals surface area contributed by atoms with E-state index >= 15 is 0 Å². The van der Waals surface area contributed by atoms with Crippen molar-refractivity contribution in [2.75, 3.05) is 13.2 Å². The first kappa shape index (κ1) is 24.3. The number of fused-ring (bicyclic) bond motifs is 2. The Morgan fingerprint density at radius 2 is 2.03 bits per heavy atom. The van der Waals surface area contributed by atoms with Crippen molar-refractivity contribution in [3.05, 3.63) is 63.1 Å². The summed E-state index contributed by atoms with van der Waals surface area (Å²) in [4.78, 5) is 52.9. The monoisotopic (exact) mass is 491 g/mol. The molecule has 1 aromatic carbocycles. The second kappa shape index (κ2) is 9.82. The lowest BCUT2D eigenvalue weighted by molar-refractivity contribution is -0.112. The van der Waals surface area contributed by atoms with Gasteiger partial charge in [0, 0.05) is 30.4 Å². The molecule has 2 amide bonds. The molecule has 1 N–H and O–H groups in total. The number of amides is 2. The van der Waals surface area contributed by atoms with Gasteiger partial charge in [0.15, 0.2) is 11.9 Å². The Bertz CT molecular complexity index is 1250. The first-order valence-corrected chi connectivity index (χ1v) is 11.0. The molecule has 35 heavy (non-hydrogen) atoms. The van der Waals surface area contributed by atoms with Crippen LogP contribution >= 0.6 is 0 Å². The zero-order valence-corrected chi connectivity index (χ0v) is 19.0. The van der Waals surface area contributed by atoms with Crippen LogP contribution in [0.3, 0.4) is 0 Å². The third kappa shape index (κ3) is 4.74. The number of hydrogen-bond acceptors (Lipinski definition) is 7. The molecule has 0 bridgehead atoms. The van der Waals surface area contributed by atoms with E-state index in [2.05, 4.69) is 5.32 Å². The average Bonchev–Trinajstić information content (AvgIpc) is 2.80. The van der Waals surface area contributed by atoms with Gasteiger partial charge in [0.2, 0.25) is 11.2 Å². The van der Waals surface area contributed by atoms with Crippen molar-refractivity contribution in [3.63, 3.8) is 0 Å². The van der Waals surface area contributed by atoms with Gasteiger partial charge in [-0.25, -0.2) is 13.6 Å². The zero-order valence-electron chi connectivity index (χ0n) is 19.0. The summed E-state index contributed by atoms with van der Waals surface area (Å²) in [5.74, 6) is -3.79. The van der Waals surface area contributed by atoms with Crippen LogP contribution in [0.25, 0.3) is 0 Å². The molecule has 4 rings (SSSR count). The number of benzene rings is 1. The van der Waals surface area contributed by atoms with Crippen molar-refractivity contribution in [1.82, 2.24) is 14.8 Å². The minimum absolute atomic E-state index is 0.00350. The first-order valence-electron chi connectivity index (χ1n) is 11.0. The van der Waals surface area contributed by atoms with Gasteiger partial charge in [0.1, 0.15) is 17.2 Å². The van der Waals surface area contributed by atoms with Crippen molar-refractivity contribution in [1.29, 1.82) is 0 Å². The van der Waals surface area contributed by atoms with Crippen LogP contribution in [-0.2, 0) is 22.6 Å². The highest BCUT2D eigenvalue weighted by molar-refractivity contribution is 5.99. The summed E-state index contributed by atoms with van der Waals surface area (Å²) >= 11 is 0. The van der Waals surface area contributed by atoms with E-state index in [0.717, 1.165) is 12.1 Å². The summed E-state index contributed by atoms with van der Waals surface area (Å²) in [7, 11) is 0. The Morgan fingerprint density at radius 1 is 1.26 bits per heavy atom. The smallest absolute Gasteiger partial charge is 0.434 e. The summed E-state index contributed by atoms with van der Waals surface area (Å²) < 4.78 is 43.9. The van der Waals surface area contributed by atoms with Gasteiger partial charge in [0.05, 0.1) is 19.8 Å². The minimum Gasteiger partial charge on any atom is -0.434 e. The van der Waals surface area contributed by atoms with Gasteiger partial charge in [-0.1, -0.05) is 6.07 Å². The fourth-order valence-corrected chi connectivity index (χ4v) is 4.07. The van der Waals surface area contributed by atoms with Crippen molar-refractivity contribution in [3.8, 4) is 5.75 Å². The van der Waals surface area contributed by atoms with E-state index in [-0.39, 0.29) is 37.0 Å². The van der Waals surface area contributed by atoms with Crippen LogP contribution < -0.4 is 15.5 Å². The van der Waals surface area contributed by atoms with Crippen molar-refractivity contribution < 1.29 is 37.4 Å². The molecule has 1 aromatic heterocycles. The molecule has 2 atom stereocenters. The van der Waals surface area contributed by atoms with E-state index in [9.17, 15) is 28.0 Å². The largest absolute Gasteiger partial charge is 0.514 e. The predicted octanol–water partition coefficient (Wildman–Crippen LogP) is 2.18. The molecule has 0 aliphatic carbocycles. The van der Waals surface area contributed by atoms with Crippen molar-refractivity contribution in [2.45, 2.75) is 45.6 Å². The number of hydrogen-bond donors (Lipinski definition) is 1. The molecule has 186 valence electrons. The highest BCUT2D eigenvalue weighted by Gasteiger charge is 2.42. The Balaban J connectivity index is 1.72. The molecule has 0 spiro atoms. The summed E-state index contributed by atoms with van der Waals surface area (Å²) in [5.41, 5.74) is -1.67. The van der Waals surface area contributed by atoms with E-state index in [1.165, 1.54) is 22.6 Å². The van der Waals surface area contributed by atoms with Crippen molar-refractivity contribution in [2.24, 2.45) is 0 Å². The van der Waals surface area contributed by atoms with Crippen LogP contribution in [0.15, 0.2) is 29.2 Å². The zero-order chi connectivity index (χ0) is 25.3. The quantitative estimate of drug-likeness (QED) is 0.638. The highest BCUT2D eigenvalue weighted by Crippen LogP contribution is 2.30. The van der Waals surface area contributed by atoms with Gasteiger partial charge in [-0.2, -0.15) is 0 Å². The third-order valence-electron chi connectivity index (χ3n) is 5.81. The van der Waals surface area contributed by atoms with E-state index in [1.807, 2.05) is 6.92 Å². The number of rotatable bonds is 5. The fourth-order valence-electron chi connectivity index (χ4n) is 4.07. The first-order chi connectivity index (χ1) is 16.7. The topological polar surface area (TPSA) is 116 Å². The van der Waals surface area contributed by atoms with Gasteiger partial charge in [-0.15, -0.1) is 0 Å². The van der Waals surface area contributed by atoms with E-state index in [0.29, 0.717) is 19.1 Å². The molecule has 1 saturated heterocycles. The van der Waals surface area contributed by atoms with Crippen LogP contribution in [0.1, 0.15) is 46.7 Å². The number of pyridine rings is 1. The number of carbonyl (C=O) groups is 3.